The molecule has 1 atom stereocenters. The van der Waals surface area contributed by atoms with Gasteiger partial charge in [0.25, 0.3) is 5.69 Å². The zero-order valence-corrected chi connectivity index (χ0v) is 11.2. The van der Waals surface area contributed by atoms with Crippen LogP contribution in [0.15, 0.2) is 18.2 Å². The molecule has 0 spiro atoms. The molecule has 0 aromatic heterocycles. The molecule has 1 aliphatic heterocycles. The monoisotopic (exact) mass is 266 g/mol. The summed E-state index contributed by atoms with van der Waals surface area (Å²) in [6, 6.07) is 4.39. The lowest BCUT2D eigenvalue weighted by molar-refractivity contribution is -0.385. The SMILES string of the molecule is COc1ccc([N+](=O)[O-])cc1OCC1CCN(C)C1. The quantitative estimate of drug-likeness (QED) is 0.602. The van der Waals surface area contributed by atoms with Crippen molar-refractivity contribution >= 4 is 5.69 Å². The molecule has 0 N–H and O–H groups in total. The Hall–Kier alpha value is -1.82. The van der Waals surface area contributed by atoms with Gasteiger partial charge < -0.3 is 14.4 Å². The Labute approximate surface area is 112 Å². The second kappa shape index (κ2) is 5.88. The molecule has 1 aromatic carbocycles. The molecular formula is C13H18N2O4. The van der Waals surface area contributed by atoms with Crippen molar-refractivity contribution < 1.29 is 14.4 Å². The lowest BCUT2D eigenvalue weighted by atomic mass is 10.1. The summed E-state index contributed by atoms with van der Waals surface area (Å²) < 4.78 is 10.9. The predicted octanol–water partition coefficient (Wildman–Crippen LogP) is 1.93. The predicted molar refractivity (Wildman–Crippen MR) is 70.7 cm³/mol. The summed E-state index contributed by atoms with van der Waals surface area (Å²) in [6.45, 7) is 2.62. The number of benzene rings is 1. The van der Waals surface area contributed by atoms with Crippen LogP contribution in [0.3, 0.4) is 0 Å². The third kappa shape index (κ3) is 3.35. The van der Waals surface area contributed by atoms with E-state index in [1.807, 2.05) is 0 Å². The number of nitro groups is 1. The van der Waals surface area contributed by atoms with Crippen LogP contribution < -0.4 is 9.47 Å². The largest absolute Gasteiger partial charge is 0.493 e. The molecule has 0 amide bonds. The fourth-order valence-corrected chi connectivity index (χ4v) is 2.26. The summed E-state index contributed by atoms with van der Waals surface area (Å²) in [7, 11) is 3.60. The van der Waals surface area contributed by atoms with Gasteiger partial charge in [-0.1, -0.05) is 0 Å². The standard InChI is InChI=1S/C13H18N2O4/c1-14-6-5-10(8-14)9-19-13-7-11(15(16)17)3-4-12(13)18-2/h3-4,7,10H,5-6,8-9H2,1-2H3. The first-order valence-electron chi connectivity index (χ1n) is 6.24. The molecule has 0 aliphatic carbocycles. The number of ether oxygens (including phenoxy) is 2. The Morgan fingerprint density at radius 3 is 2.84 bits per heavy atom. The molecule has 0 saturated carbocycles. The first-order valence-corrected chi connectivity index (χ1v) is 6.24. The minimum atomic E-state index is -0.435. The van der Waals surface area contributed by atoms with E-state index in [0.717, 1.165) is 19.5 Å². The zero-order chi connectivity index (χ0) is 13.8. The summed E-state index contributed by atoms with van der Waals surface area (Å²) in [6.07, 6.45) is 1.09. The summed E-state index contributed by atoms with van der Waals surface area (Å²) in [5.74, 6) is 1.43. The van der Waals surface area contributed by atoms with Crippen LogP contribution in [-0.4, -0.2) is 43.7 Å². The summed E-state index contributed by atoms with van der Waals surface area (Å²) in [5.41, 5.74) is 0.0133. The first kappa shape index (κ1) is 13.6. The Bertz CT molecular complexity index is 464. The van der Waals surface area contributed by atoms with E-state index < -0.39 is 4.92 Å². The minimum Gasteiger partial charge on any atom is -0.493 e. The third-order valence-corrected chi connectivity index (χ3v) is 3.32. The van der Waals surface area contributed by atoms with Crippen LogP contribution in [0.1, 0.15) is 6.42 Å². The lowest BCUT2D eigenvalue weighted by Crippen LogP contribution is -2.18. The number of hydrogen-bond donors (Lipinski definition) is 0. The highest BCUT2D eigenvalue weighted by Gasteiger charge is 2.21. The highest BCUT2D eigenvalue weighted by molar-refractivity contribution is 5.48. The molecule has 1 aromatic rings. The molecule has 0 radical (unpaired) electrons. The number of methoxy groups -OCH3 is 1. The van der Waals surface area contributed by atoms with E-state index in [-0.39, 0.29) is 5.69 Å². The van der Waals surface area contributed by atoms with Crippen LogP contribution in [0.5, 0.6) is 11.5 Å². The Kier molecular flexibility index (Phi) is 4.21. The molecule has 6 nitrogen and oxygen atoms in total. The number of non-ortho nitro benzene ring substituents is 1. The molecule has 1 fully saturated rings. The van der Waals surface area contributed by atoms with Crippen LogP contribution in [0.25, 0.3) is 0 Å². The van der Waals surface area contributed by atoms with Crippen LogP contribution >= 0.6 is 0 Å². The van der Waals surface area contributed by atoms with Crippen molar-refractivity contribution in [2.45, 2.75) is 6.42 Å². The van der Waals surface area contributed by atoms with E-state index >= 15 is 0 Å². The molecule has 2 rings (SSSR count). The van der Waals surface area contributed by atoms with Gasteiger partial charge in [0.2, 0.25) is 0 Å². The molecule has 1 unspecified atom stereocenters. The highest BCUT2D eigenvalue weighted by Crippen LogP contribution is 2.31. The van der Waals surface area contributed by atoms with Crippen molar-refractivity contribution in [2.75, 3.05) is 33.9 Å². The zero-order valence-electron chi connectivity index (χ0n) is 11.2. The molecule has 0 bridgehead atoms. The smallest absolute Gasteiger partial charge is 0.273 e. The van der Waals surface area contributed by atoms with Gasteiger partial charge in [-0.3, -0.25) is 10.1 Å². The molecular weight excluding hydrogens is 248 g/mol. The summed E-state index contributed by atoms with van der Waals surface area (Å²) in [5, 5.41) is 10.8. The molecule has 19 heavy (non-hydrogen) atoms. The Morgan fingerprint density at radius 2 is 2.26 bits per heavy atom. The van der Waals surface area contributed by atoms with E-state index in [1.165, 1.54) is 19.2 Å². The van der Waals surface area contributed by atoms with Gasteiger partial charge in [-0.25, -0.2) is 0 Å². The number of likely N-dealkylation sites (tertiary alicyclic amines) is 1. The van der Waals surface area contributed by atoms with Crippen molar-refractivity contribution in [3.8, 4) is 11.5 Å². The van der Waals surface area contributed by atoms with Crippen molar-refractivity contribution in [3.63, 3.8) is 0 Å². The molecule has 1 saturated heterocycles. The fraction of sp³-hybridized carbons (Fsp3) is 0.538. The maximum Gasteiger partial charge on any atom is 0.273 e. The van der Waals surface area contributed by atoms with Crippen LogP contribution in [0.4, 0.5) is 5.69 Å². The van der Waals surface area contributed by atoms with Gasteiger partial charge >= 0.3 is 0 Å². The molecule has 6 heteroatoms. The number of hydrogen-bond acceptors (Lipinski definition) is 5. The van der Waals surface area contributed by atoms with E-state index in [9.17, 15) is 10.1 Å². The Balaban J connectivity index is 2.05. The maximum atomic E-state index is 10.8. The second-order valence-electron chi connectivity index (χ2n) is 4.82. The van der Waals surface area contributed by atoms with Crippen LogP contribution in [0.2, 0.25) is 0 Å². The number of nitrogens with zero attached hydrogens (tertiary/aromatic N) is 2. The van der Waals surface area contributed by atoms with Gasteiger partial charge in [-0.15, -0.1) is 0 Å². The van der Waals surface area contributed by atoms with Crippen molar-refractivity contribution in [3.05, 3.63) is 28.3 Å². The van der Waals surface area contributed by atoms with Gasteiger partial charge in [-0.05, 0) is 26.1 Å². The van der Waals surface area contributed by atoms with Crippen molar-refractivity contribution in [1.29, 1.82) is 0 Å². The van der Waals surface area contributed by atoms with E-state index in [1.54, 1.807) is 6.07 Å². The molecule has 104 valence electrons. The van der Waals surface area contributed by atoms with Gasteiger partial charge in [0.15, 0.2) is 11.5 Å². The molecule has 1 aliphatic rings. The van der Waals surface area contributed by atoms with Gasteiger partial charge in [0, 0.05) is 18.5 Å². The fourth-order valence-electron chi connectivity index (χ4n) is 2.26. The maximum absolute atomic E-state index is 10.8. The summed E-state index contributed by atoms with van der Waals surface area (Å²) >= 11 is 0. The van der Waals surface area contributed by atoms with Crippen molar-refractivity contribution in [1.82, 2.24) is 4.90 Å². The lowest BCUT2D eigenvalue weighted by Gasteiger charge is -2.14. The van der Waals surface area contributed by atoms with Gasteiger partial charge in [0.1, 0.15) is 0 Å². The normalized spacial score (nSPS) is 19.4. The highest BCUT2D eigenvalue weighted by atomic mass is 16.6. The third-order valence-electron chi connectivity index (χ3n) is 3.32. The van der Waals surface area contributed by atoms with Crippen LogP contribution in [-0.2, 0) is 0 Å². The van der Waals surface area contributed by atoms with Gasteiger partial charge in [0.05, 0.1) is 24.7 Å². The molecule has 1 heterocycles. The van der Waals surface area contributed by atoms with E-state index in [0.29, 0.717) is 24.0 Å². The van der Waals surface area contributed by atoms with Crippen molar-refractivity contribution in [2.24, 2.45) is 5.92 Å². The topological polar surface area (TPSA) is 64.8 Å². The second-order valence-corrected chi connectivity index (χ2v) is 4.82. The number of rotatable bonds is 5. The first-order chi connectivity index (χ1) is 9.10. The number of nitro benzene ring substituents is 1. The Morgan fingerprint density at radius 1 is 1.47 bits per heavy atom. The van der Waals surface area contributed by atoms with E-state index in [4.69, 9.17) is 9.47 Å². The summed E-state index contributed by atoms with van der Waals surface area (Å²) in [4.78, 5) is 12.6. The van der Waals surface area contributed by atoms with Crippen LogP contribution in [0, 0.1) is 16.0 Å². The average Bonchev–Trinajstić information content (AvgIpc) is 2.81. The average molecular weight is 266 g/mol. The van der Waals surface area contributed by atoms with Gasteiger partial charge in [-0.2, -0.15) is 0 Å². The minimum absolute atomic E-state index is 0.0133. The van der Waals surface area contributed by atoms with E-state index in [2.05, 4.69) is 11.9 Å².